The molecule has 31 heavy (non-hydrogen) atoms. The number of amides is 1. The summed E-state index contributed by atoms with van der Waals surface area (Å²) in [6, 6.07) is 20.7. The summed E-state index contributed by atoms with van der Waals surface area (Å²) in [5.41, 5.74) is 3.51. The van der Waals surface area contributed by atoms with E-state index in [1.807, 2.05) is 43.3 Å². The van der Waals surface area contributed by atoms with Crippen LogP contribution in [0.2, 0.25) is 0 Å². The third kappa shape index (κ3) is 5.44. The summed E-state index contributed by atoms with van der Waals surface area (Å²) in [5.74, 6) is -0.300. The van der Waals surface area contributed by atoms with E-state index in [4.69, 9.17) is 0 Å². The molecule has 0 aliphatic heterocycles. The third-order valence-electron chi connectivity index (χ3n) is 5.07. The van der Waals surface area contributed by atoms with Crippen molar-refractivity contribution in [2.24, 2.45) is 0 Å². The first-order chi connectivity index (χ1) is 14.8. The Morgan fingerprint density at radius 1 is 0.871 bits per heavy atom. The van der Waals surface area contributed by atoms with Gasteiger partial charge in [0.1, 0.15) is 0 Å². The van der Waals surface area contributed by atoms with E-state index in [-0.39, 0.29) is 10.8 Å². The average Bonchev–Trinajstić information content (AvgIpc) is 2.77. The van der Waals surface area contributed by atoms with Crippen LogP contribution >= 0.6 is 0 Å². The molecule has 0 unspecified atom stereocenters. The van der Waals surface area contributed by atoms with Crippen molar-refractivity contribution in [3.05, 3.63) is 83.9 Å². The van der Waals surface area contributed by atoms with Crippen molar-refractivity contribution in [3.63, 3.8) is 0 Å². The highest BCUT2D eigenvalue weighted by molar-refractivity contribution is 7.92. The van der Waals surface area contributed by atoms with Gasteiger partial charge in [0.05, 0.1) is 10.6 Å². The number of nitrogens with zero attached hydrogens (tertiary/aromatic N) is 1. The standard InChI is InChI=1S/C24H27N3O3S/c1-4-27(5-2)21-14-12-20(13-15-21)25-24(28)19-10-16-22(17-11-19)31(29,30)26-23-9-7-6-8-18(23)3/h6-17,26H,4-5H2,1-3H3,(H,25,28). The van der Waals surface area contributed by atoms with Gasteiger partial charge in [-0.05, 0) is 80.9 Å². The van der Waals surface area contributed by atoms with Crippen LogP contribution in [-0.2, 0) is 10.0 Å². The number of hydrogen-bond donors (Lipinski definition) is 2. The highest BCUT2D eigenvalue weighted by Crippen LogP contribution is 2.21. The average molecular weight is 438 g/mol. The van der Waals surface area contributed by atoms with Crippen LogP contribution in [0.25, 0.3) is 0 Å². The van der Waals surface area contributed by atoms with Gasteiger partial charge in [-0.2, -0.15) is 0 Å². The molecule has 0 spiro atoms. The van der Waals surface area contributed by atoms with E-state index in [2.05, 4.69) is 28.8 Å². The minimum atomic E-state index is -3.74. The van der Waals surface area contributed by atoms with Crippen LogP contribution in [-0.4, -0.2) is 27.4 Å². The molecule has 0 heterocycles. The van der Waals surface area contributed by atoms with Crippen LogP contribution in [0.3, 0.4) is 0 Å². The molecule has 0 radical (unpaired) electrons. The lowest BCUT2D eigenvalue weighted by Crippen LogP contribution is -2.21. The van der Waals surface area contributed by atoms with Gasteiger partial charge >= 0.3 is 0 Å². The molecule has 1 amide bonds. The molecule has 6 nitrogen and oxygen atoms in total. The summed E-state index contributed by atoms with van der Waals surface area (Å²) in [7, 11) is -3.74. The predicted molar refractivity (Wildman–Crippen MR) is 126 cm³/mol. The van der Waals surface area contributed by atoms with Crippen molar-refractivity contribution in [1.29, 1.82) is 0 Å². The fourth-order valence-electron chi connectivity index (χ4n) is 3.22. The number of carbonyl (C=O) groups is 1. The quantitative estimate of drug-likeness (QED) is 0.526. The van der Waals surface area contributed by atoms with Crippen molar-refractivity contribution in [1.82, 2.24) is 0 Å². The Morgan fingerprint density at radius 2 is 1.48 bits per heavy atom. The van der Waals surface area contributed by atoms with Crippen molar-refractivity contribution in [3.8, 4) is 0 Å². The van der Waals surface area contributed by atoms with Gasteiger partial charge in [-0.1, -0.05) is 18.2 Å². The fourth-order valence-corrected chi connectivity index (χ4v) is 4.35. The highest BCUT2D eigenvalue weighted by atomic mass is 32.2. The maximum Gasteiger partial charge on any atom is 0.261 e. The molecule has 2 N–H and O–H groups in total. The predicted octanol–water partition coefficient (Wildman–Crippen LogP) is 4.89. The van der Waals surface area contributed by atoms with Crippen LogP contribution in [0.4, 0.5) is 17.1 Å². The van der Waals surface area contributed by atoms with Crippen LogP contribution in [0.1, 0.15) is 29.8 Å². The van der Waals surface area contributed by atoms with E-state index in [1.165, 1.54) is 24.3 Å². The van der Waals surface area contributed by atoms with E-state index in [0.29, 0.717) is 16.9 Å². The number of nitrogens with one attached hydrogen (secondary N) is 2. The lowest BCUT2D eigenvalue weighted by molar-refractivity contribution is 0.102. The third-order valence-corrected chi connectivity index (χ3v) is 6.45. The number of para-hydroxylation sites is 1. The fraction of sp³-hybridized carbons (Fsp3) is 0.208. The molecule has 0 saturated heterocycles. The topological polar surface area (TPSA) is 78.5 Å². The van der Waals surface area contributed by atoms with Crippen molar-refractivity contribution in [2.75, 3.05) is 28.0 Å². The molecule has 0 bridgehead atoms. The Morgan fingerprint density at radius 3 is 2.06 bits per heavy atom. The number of carbonyl (C=O) groups excluding carboxylic acids is 1. The molecule has 0 aliphatic carbocycles. The Bertz CT molecular complexity index is 1140. The maximum atomic E-state index is 12.6. The van der Waals surface area contributed by atoms with Crippen molar-refractivity contribution >= 4 is 33.0 Å². The summed E-state index contributed by atoms with van der Waals surface area (Å²) >= 11 is 0. The van der Waals surface area contributed by atoms with Gasteiger partial charge in [-0.15, -0.1) is 0 Å². The second-order valence-corrected chi connectivity index (χ2v) is 8.80. The molecular formula is C24H27N3O3S. The molecular weight excluding hydrogens is 410 g/mol. The molecule has 0 atom stereocenters. The molecule has 0 saturated carbocycles. The molecule has 3 rings (SSSR count). The highest BCUT2D eigenvalue weighted by Gasteiger charge is 2.16. The van der Waals surface area contributed by atoms with E-state index in [1.54, 1.807) is 12.1 Å². The SMILES string of the molecule is CCN(CC)c1ccc(NC(=O)c2ccc(S(=O)(=O)Nc3ccccc3C)cc2)cc1. The minimum Gasteiger partial charge on any atom is -0.372 e. The number of hydrogen-bond acceptors (Lipinski definition) is 4. The summed E-state index contributed by atoms with van der Waals surface area (Å²) in [5, 5.41) is 2.84. The van der Waals surface area contributed by atoms with Gasteiger partial charge in [0, 0.05) is 30.0 Å². The number of sulfonamides is 1. The van der Waals surface area contributed by atoms with Gasteiger partial charge in [0.25, 0.3) is 15.9 Å². The lowest BCUT2D eigenvalue weighted by atomic mass is 10.2. The normalized spacial score (nSPS) is 11.1. The summed E-state index contributed by atoms with van der Waals surface area (Å²) in [6.07, 6.45) is 0. The molecule has 7 heteroatoms. The van der Waals surface area contributed by atoms with Crippen LogP contribution < -0.4 is 14.9 Å². The zero-order chi connectivity index (χ0) is 22.4. The van der Waals surface area contributed by atoms with E-state index in [9.17, 15) is 13.2 Å². The molecule has 0 aliphatic rings. The van der Waals surface area contributed by atoms with Gasteiger partial charge in [0.15, 0.2) is 0 Å². The first kappa shape index (κ1) is 22.4. The minimum absolute atomic E-state index is 0.0934. The summed E-state index contributed by atoms with van der Waals surface area (Å²) in [4.78, 5) is 14.9. The zero-order valence-electron chi connectivity index (χ0n) is 17.9. The molecule has 3 aromatic carbocycles. The van der Waals surface area contributed by atoms with Crippen molar-refractivity contribution < 1.29 is 13.2 Å². The number of rotatable bonds is 8. The second-order valence-electron chi connectivity index (χ2n) is 7.12. The van der Waals surface area contributed by atoms with Gasteiger partial charge in [-0.3, -0.25) is 9.52 Å². The van der Waals surface area contributed by atoms with Crippen LogP contribution in [0, 0.1) is 6.92 Å². The monoisotopic (exact) mass is 437 g/mol. The first-order valence-corrected chi connectivity index (χ1v) is 11.7. The van der Waals surface area contributed by atoms with E-state index < -0.39 is 10.0 Å². The Kier molecular flexibility index (Phi) is 6.97. The molecule has 0 aromatic heterocycles. The Hall–Kier alpha value is -3.32. The van der Waals surface area contributed by atoms with Crippen molar-refractivity contribution in [2.45, 2.75) is 25.7 Å². The van der Waals surface area contributed by atoms with Crippen LogP contribution in [0.15, 0.2) is 77.7 Å². The Balaban J connectivity index is 1.69. The van der Waals surface area contributed by atoms with E-state index >= 15 is 0 Å². The lowest BCUT2D eigenvalue weighted by Gasteiger charge is -2.21. The van der Waals surface area contributed by atoms with Gasteiger partial charge < -0.3 is 10.2 Å². The maximum absolute atomic E-state index is 12.6. The Labute approximate surface area is 184 Å². The molecule has 3 aromatic rings. The number of benzene rings is 3. The van der Waals surface area contributed by atoms with Gasteiger partial charge in [-0.25, -0.2) is 8.42 Å². The molecule has 0 fully saturated rings. The van der Waals surface area contributed by atoms with Crippen LogP contribution in [0.5, 0.6) is 0 Å². The largest absolute Gasteiger partial charge is 0.372 e. The number of anilines is 3. The smallest absolute Gasteiger partial charge is 0.261 e. The summed E-state index contributed by atoms with van der Waals surface area (Å²) < 4.78 is 27.9. The number of aryl methyl sites for hydroxylation is 1. The summed E-state index contributed by atoms with van der Waals surface area (Å²) in [6.45, 7) is 7.85. The molecule has 162 valence electrons. The van der Waals surface area contributed by atoms with E-state index in [0.717, 1.165) is 24.3 Å². The second kappa shape index (κ2) is 9.66. The zero-order valence-corrected chi connectivity index (χ0v) is 18.7. The first-order valence-electron chi connectivity index (χ1n) is 10.2. The van der Waals surface area contributed by atoms with Gasteiger partial charge in [0.2, 0.25) is 0 Å².